The van der Waals surface area contributed by atoms with E-state index in [0.717, 1.165) is 13.1 Å². The van der Waals surface area contributed by atoms with Crippen LogP contribution in [0.25, 0.3) is 0 Å². The molecule has 4 nitrogen and oxygen atoms in total. The highest BCUT2D eigenvalue weighted by Crippen LogP contribution is 2.30. The molecule has 0 aromatic heterocycles. The van der Waals surface area contributed by atoms with Crippen LogP contribution in [0.2, 0.25) is 0 Å². The second kappa shape index (κ2) is 6.58. The summed E-state index contributed by atoms with van der Waals surface area (Å²) in [7, 11) is 0. The molecule has 2 aliphatic heterocycles. The standard InChI is InChI=1S/C17H26N4/c18-17(19)12-16(14-6-2-1-3-7-14)21-11-8-15(13-21)20-9-4-5-10-20/h1-3,6-7,15-16H,4-5,8-13H2,(H3,18,19). The van der Waals surface area contributed by atoms with Crippen LogP contribution in [-0.2, 0) is 0 Å². The lowest BCUT2D eigenvalue weighted by molar-refractivity contribution is 0.202. The summed E-state index contributed by atoms with van der Waals surface area (Å²) in [6.07, 6.45) is 4.59. The lowest BCUT2D eigenvalue weighted by atomic mass is 10.0. The minimum absolute atomic E-state index is 0.260. The quantitative estimate of drug-likeness (QED) is 0.644. The third kappa shape index (κ3) is 3.44. The Kier molecular flexibility index (Phi) is 4.56. The van der Waals surface area contributed by atoms with E-state index in [4.69, 9.17) is 11.1 Å². The number of rotatable bonds is 5. The van der Waals surface area contributed by atoms with E-state index in [1.165, 1.54) is 37.9 Å². The van der Waals surface area contributed by atoms with Gasteiger partial charge in [-0.05, 0) is 37.9 Å². The first-order valence-corrected chi connectivity index (χ1v) is 8.10. The Morgan fingerprint density at radius 3 is 2.57 bits per heavy atom. The maximum atomic E-state index is 7.70. The minimum Gasteiger partial charge on any atom is -0.388 e. The van der Waals surface area contributed by atoms with Gasteiger partial charge in [-0.25, -0.2) is 0 Å². The second-order valence-electron chi connectivity index (χ2n) is 6.34. The molecule has 114 valence electrons. The number of nitrogens with two attached hydrogens (primary N) is 1. The highest BCUT2D eigenvalue weighted by atomic mass is 15.3. The first-order chi connectivity index (χ1) is 10.2. The number of benzene rings is 1. The van der Waals surface area contributed by atoms with Crippen molar-refractivity contribution in [2.24, 2.45) is 5.73 Å². The Morgan fingerprint density at radius 1 is 1.19 bits per heavy atom. The van der Waals surface area contributed by atoms with Crippen LogP contribution in [0.4, 0.5) is 0 Å². The normalized spacial score (nSPS) is 25.2. The van der Waals surface area contributed by atoms with Gasteiger partial charge >= 0.3 is 0 Å². The smallest absolute Gasteiger partial charge is 0.0924 e. The zero-order chi connectivity index (χ0) is 14.7. The summed E-state index contributed by atoms with van der Waals surface area (Å²) in [5.74, 6) is 0.286. The monoisotopic (exact) mass is 286 g/mol. The molecule has 1 aromatic rings. The van der Waals surface area contributed by atoms with Crippen molar-refractivity contribution in [2.45, 2.75) is 37.8 Å². The zero-order valence-corrected chi connectivity index (χ0v) is 12.7. The average molecular weight is 286 g/mol. The lowest BCUT2D eigenvalue weighted by Gasteiger charge is -2.29. The molecule has 2 unspecified atom stereocenters. The van der Waals surface area contributed by atoms with E-state index >= 15 is 0 Å². The summed E-state index contributed by atoms with van der Waals surface area (Å²) in [6, 6.07) is 11.5. The highest BCUT2D eigenvalue weighted by Gasteiger charge is 2.33. The van der Waals surface area contributed by atoms with Gasteiger partial charge in [0.05, 0.1) is 5.84 Å². The van der Waals surface area contributed by atoms with Gasteiger partial charge in [-0.3, -0.25) is 15.2 Å². The molecule has 2 fully saturated rings. The fourth-order valence-electron chi connectivity index (χ4n) is 3.80. The van der Waals surface area contributed by atoms with Gasteiger partial charge in [-0.2, -0.15) is 0 Å². The van der Waals surface area contributed by atoms with E-state index in [9.17, 15) is 0 Å². The summed E-state index contributed by atoms with van der Waals surface area (Å²) >= 11 is 0. The molecule has 0 bridgehead atoms. The van der Waals surface area contributed by atoms with Gasteiger partial charge in [0.15, 0.2) is 0 Å². The van der Waals surface area contributed by atoms with Crippen molar-refractivity contribution < 1.29 is 0 Å². The van der Waals surface area contributed by atoms with Gasteiger partial charge in [0, 0.05) is 31.6 Å². The first-order valence-electron chi connectivity index (χ1n) is 8.10. The maximum Gasteiger partial charge on any atom is 0.0924 e. The molecule has 3 N–H and O–H groups in total. The van der Waals surface area contributed by atoms with Crippen LogP contribution in [0.5, 0.6) is 0 Å². The molecule has 0 spiro atoms. The van der Waals surface area contributed by atoms with Crippen molar-refractivity contribution in [1.82, 2.24) is 9.80 Å². The number of amidine groups is 1. The van der Waals surface area contributed by atoms with Gasteiger partial charge in [0.25, 0.3) is 0 Å². The number of hydrogen-bond donors (Lipinski definition) is 2. The highest BCUT2D eigenvalue weighted by molar-refractivity contribution is 5.77. The molecule has 0 radical (unpaired) electrons. The molecule has 0 aliphatic carbocycles. The van der Waals surface area contributed by atoms with Crippen LogP contribution in [0.1, 0.15) is 37.3 Å². The predicted molar refractivity (Wildman–Crippen MR) is 86.5 cm³/mol. The largest absolute Gasteiger partial charge is 0.388 e. The second-order valence-corrected chi connectivity index (χ2v) is 6.34. The third-order valence-corrected chi connectivity index (χ3v) is 4.89. The average Bonchev–Trinajstić information content (AvgIpc) is 3.16. The number of likely N-dealkylation sites (tertiary alicyclic amines) is 2. The molecule has 21 heavy (non-hydrogen) atoms. The Hall–Kier alpha value is -1.39. The van der Waals surface area contributed by atoms with Gasteiger partial charge in [0.1, 0.15) is 0 Å². The molecule has 2 saturated heterocycles. The van der Waals surface area contributed by atoms with Crippen molar-refractivity contribution in [3.8, 4) is 0 Å². The van der Waals surface area contributed by atoms with Crippen molar-refractivity contribution >= 4 is 5.84 Å². The number of nitrogens with one attached hydrogen (secondary N) is 1. The molecule has 1 aromatic carbocycles. The summed E-state index contributed by atoms with van der Waals surface area (Å²) in [4.78, 5) is 5.18. The van der Waals surface area contributed by atoms with Crippen molar-refractivity contribution in [1.29, 1.82) is 5.41 Å². The van der Waals surface area contributed by atoms with Crippen LogP contribution in [0, 0.1) is 5.41 Å². The SMILES string of the molecule is N=C(N)CC(c1ccccc1)N1CCC(N2CCCC2)C1. The predicted octanol–water partition coefficient (Wildman–Crippen LogP) is 2.22. The summed E-state index contributed by atoms with van der Waals surface area (Å²) in [5.41, 5.74) is 6.99. The molecule has 0 amide bonds. The van der Waals surface area contributed by atoms with Crippen molar-refractivity contribution in [3.63, 3.8) is 0 Å². The van der Waals surface area contributed by atoms with Gasteiger partial charge < -0.3 is 5.73 Å². The van der Waals surface area contributed by atoms with E-state index in [1.54, 1.807) is 0 Å². The van der Waals surface area contributed by atoms with E-state index in [0.29, 0.717) is 12.5 Å². The molecule has 2 atom stereocenters. The van der Waals surface area contributed by atoms with Crippen LogP contribution in [0.15, 0.2) is 30.3 Å². The summed E-state index contributed by atoms with van der Waals surface area (Å²) in [5, 5.41) is 7.70. The van der Waals surface area contributed by atoms with E-state index < -0.39 is 0 Å². The lowest BCUT2D eigenvalue weighted by Crippen LogP contribution is -2.37. The Bertz CT molecular complexity index is 467. The minimum atomic E-state index is 0.260. The Morgan fingerprint density at radius 2 is 1.90 bits per heavy atom. The fraction of sp³-hybridized carbons (Fsp3) is 0.588. The zero-order valence-electron chi connectivity index (χ0n) is 12.7. The van der Waals surface area contributed by atoms with Gasteiger partial charge in [-0.1, -0.05) is 30.3 Å². The summed E-state index contributed by atoms with van der Waals surface area (Å²) < 4.78 is 0. The van der Waals surface area contributed by atoms with Crippen molar-refractivity contribution in [2.75, 3.05) is 26.2 Å². The molecule has 3 rings (SSSR count). The molecular weight excluding hydrogens is 260 g/mol. The number of nitrogens with zero attached hydrogens (tertiary/aromatic N) is 2. The van der Waals surface area contributed by atoms with Crippen molar-refractivity contribution in [3.05, 3.63) is 35.9 Å². The van der Waals surface area contributed by atoms with E-state index in [2.05, 4.69) is 34.1 Å². The summed E-state index contributed by atoms with van der Waals surface area (Å²) in [6.45, 7) is 4.77. The topological polar surface area (TPSA) is 56.4 Å². The van der Waals surface area contributed by atoms with Crippen LogP contribution in [0.3, 0.4) is 0 Å². The Labute approximate surface area is 127 Å². The fourth-order valence-corrected chi connectivity index (χ4v) is 3.80. The van der Waals surface area contributed by atoms with Crippen LogP contribution >= 0.6 is 0 Å². The third-order valence-electron chi connectivity index (χ3n) is 4.89. The molecule has 0 saturated carbocycles. The number of hydrogen-bond acceptors (Lipinski definition) is 3. The molecule has 2 heterocycles. The van der Waals surface area contributed by atoms with Gasteiger partial charge in [0.2, 0.25) is 0 Å². The Balaban J connectivity index is 1.70. The van der Waals surface area contributed by atoms with E-state index in [-0.39, 0.29) is 11.9 Å². The van der Waals surface area contributed by atoms with Crippen LogP contribution < -0.4 is 5.73 Å². The molecule has 4 heteroatoms. The molecule has 2 aliphatic rings. The maximum absolute atomic E-state index is 7.70. The van der Waals surface area contributed by atoms with Gasteiger partial charge in [-0.15, -0.1) is 0 Å². The molecular formula is C17H26N4. The first kappa shape index (κ1) is 14.5. The van der Waals surface area contributed by atoms with Crippen LogP contribution in [-0.4, -0.2) is 47.9 Å². The van der Waals surface area contributed by atoms with E-state index in [1.807, 2.05) is 6.07 Å².